The molecule has 0 bridgehead atoms. The molecule has 0 N–H and O–H groups in total. The molecule has 186 valence electrons. The minimum atomic E-state index is -0.0880. The number of benzene rings is 2. The molecular weight excluding hydrogens is 448 g/mol. The van der Waals surface area contributed by atoms with Crippen LogP contribution < -0.4 is 18.9 Å². The van der Waals surface area contributed by atoms with E-state index in [-0.39, 0.29) is 11.8 Å². The van der Waals surface area contributed by atoms with E-state index in [2.05, 4.69) is 0 Å². The Bertz CT molecular complexity index is 1010. The van der Waals surface area contributed by atoms with Crippen molar-refractivity contribution < 1.29 is 28.5 Å². The van der Waals surface area contributed by atoms with Crippen molar-refractivity contribution in [1.82, 2.24) is 9.80 Å². The molecule has 8 heteroatoms. The highest BCUT2D eigenvalue weighted by Crippen LogP contribution is 2.29. The van der Waals surface area contributed by atoms with Crippen molar-refractivity contribution in [3.05, 3.63) is 59.7 Å². The number of nitrogens with zero attached hydrogens (tertiary/aromatic N) is 2. The number of ether oxygens (including phenoxy) is 4. The molecule has 1 aliphatic heterocycles. The first-order valence-electron chi connectivity index (χ1n) is 11.4. The summed E-state index contributed by atoms with van der Waals surface area (Å²) in [7, 11) is 6.31. The summed E-state index contributed by atoms with van der Waals surface area (Å²) in [6.45, 7) is 2.15. The first-order valence-corrected chi connectivity index (χ1v) is 11.4. The lowest BCUT2D eigenvalue weighted by Crippen LogP contribution is -2.36. The van der Waals surface area contributed by atoms with Gasteiger partial charge in [-0.3, -0.25) is 9.59 Å². The molecule has 35 heavy (non-hydrogen) atoms. The third-order valence-corrected chi connectivity index (χ3v) is 5.77. The summed E-state index contributed by atoms with van der Waals surface area (Å²) >= 11 is 0. The van der Waals surface area contributed by atoms with Crippen molar-refractivity contribution in [3.63, 3.8) is 0 Å². The predicted molar refractivity (Wildman–Crippen MR) is 135 cm³/mol. The monoisotopic (exact) mass is 480 g/mol. The fourth-order valence-electron chi connectivity index (χ4n) is 3.82. The Morgan fingerprint density at radius 1 is 0.629 bits per heavy atom. The van der Waals surface area contributed by atoms with Crippen LogP contribution in [0.1, 0.15) is 17.5 Å². The van der Waals surface area contributed by atoms with Gasteiger partial charge in [-0.1, -0.05) is 12.1 Å². The lowest BCUT2D eigenvalue weighted by Gasteiger charge is -2.20. The smallest absolute Gasteiger partial charge is 0.246 e. The second-order valence-corrected chi connectivity index (χ2v) is 7.90. The summed E-state index contributed by atoms with van der Waals surface area (Å²) in [6, 6.07) is 11.0. The van der Waals surface area contributed by atoms with Crippen LogP contribution in [0.4, 0.5) is 0 Å². The quantitative estimate of drug-likeness (QED) is 0.538. The van der Waals surface area contributed by atoms with E-state index >= 15 is 0 Å². The zero-order chi connectivity index (χ0) is 25.2. The molecule has 0 spiro atoms. The largest absolute Gasteiger partial charge is 0.493 e. The van der Waals surface area contributed by atoms with Crippen LogP contribution in [0, 0.1) is 0 Å². The SMILES string of the molecule is COc1ccc(C=CC(=O)N2CCCN(C(=O)C=Cc3ccc(OC)c(OC)c3)CC2)cc1OC. The zero-order valence-corrected chi connectivity index (χ0v) is 20.7. The Kier molecular flexibility index (Phi) is 9.17. The van der Waals surface area contributed by atoms with Crippen molar-refractivity contribution in [3.8, 4) is 23.0 Å². The molecule has 1 aliphatic rings. The summed E-state index contributed by atoms with van der Waals surface area (Å²) in [5.41, 5.74) is 1.67. The first kappa shape index (κ1) is 25.7. The Balaban J connectivity index is 1.57. The normalized spacial score (nSPS) is 14.2. The highest BCUT2D eigenvalue weighted by atomic mass is 16.5. The van der Waals surface area contributed by atoms with E-state index in [1.165, 1.54) is 0 Å². The van der Waals surface area contributed by atoms with E-state index in [1.807, 2.05) is 24.3 Å². The van der Waals surface area contributed by atoms with E-state index in [9.17, 15) is 9.59 Å². The number of methoxy groups -OCH3 is 4. The minimum Gasteiger partial charge on any atom is -0.493 e. The number of rotatable bonds is 8. The topological polar surface area (TPSA) is 77.5 Å². The Morgan fingerprint density at radius 3 is 1.40 bits per heavy atom. The molecule has 0 saturated carbocycles. The van der Waals surface area contributed by atoms with Gasteiger partial charge in [0.05, 0.1) is 28.4 Å². The summed E-state index contributed by atoms with van der Waals surface area (Å²) in [5.74, 6) is 2.30. The van der Waals surface area contributed by atoms with Gasteiger partial charge in [-0.05, 0) is 54.0 Å². The van der Waals surface area contributed by atoms with Gasteiger partial charge in [-0.15, -0.1) is 0 Å². The van der Waals surface area contributed by atoms with E-state index in [1.54, 1.807) is 74.7 Å². The van der Waals surface area contributed by atoms with Crippen LogP contribution in [-0.4, -0.2) is 76.2 Å². The van der Waals surface area contributed by atoms with Crippen LogP contribution in [0.5, 0.6) is 23.0 Å². The van der Waals surface area contributed by atoms with Gasteiger partial charge < -0.3 is 28.7 Å². The molecule has 2 aromatic rings. The van der Waals surface area contributed by atoms with Crippen LogP contribution in [0.15, 0.2) is 48.6 Å². The van der Waals surface area contributed by atoms with E-state index in [4.69, 9.17) is 18.9 Å². The molecule has 0 atom stereocenters. The summed E-state index contributed by atoms with van der Waals surface area (Å²) in [5, 5.41) is 0. The maximum Gasteiger partial charge on any atom is 0.246 e. The van der Waals surface area contributed by atoms with Crippen molar-refractivity contribution in [2.24, 2.45) is 0 Å². The maximum absolute atomic E-state index is 12.7. The third-order valence-electron chi connectivity index (χ3n) is 5.77. The molecule has 1 fully saturated rings. The second kappa shape index (κ2) is 12.5. The van der Waals surface area contributed by atoms with E-state index < -0.39 is 0 Å². The molecule has 8 nitrogen and oxygen atoms in total. The van der Waals surface area contributed by atoms with Crippen molar-refractivity contribution in [2.75, 3.05) is 54.6 Å². The number of carbonyl (C=O) groups excluding carboxylic acids is 2. The van der Waals surface area contributed by atoms with Gasteiger partial charge in [0.15, 0.2) is 23.0 Å². The third kappa shape index (κ3) is 6.79. The molecule has 3 rings (SSSR count). The van der Waals surface area contributed by atoms with Gasteiger partial charge in [0.25, 0.3) is 0 Å². The van der Waals surface area contributed by atoms with Gasteiger partial charge in [-0.2, -0.15) is 0 Å². The van der Waals surface area contributed by atoms with Crippen LogP contribution in [-0.2, 0) is 9.59 Å². The summed E-state index contributed by atoms with van der Waals surface area (Å²) in [4.78, 5) is 29.0. The van der Waals surface area contributed by atoms with Crippen LogP contribution >= 0.6 is 0 Å². The highest BCUT2D eigenvalue weighted by molar-refractivity contribution is 5.93. The Hall–Kier alpha value is -3.94. The lowest BCUT2D eigenvalue weighted by molar-refractivity contribution is -0.128. The molecule has 0 unspecified atom stereocenters. The van der Waals surface area contributed by atoms with Gasteiger partial charge in [0, 0.05) is 38.3 Å². The summed E-state index contributed by atoms with van der Waals surface area (Å²) < 4.78 is 21.1. The lowest BCUT2D eigenvalue weighted by atomic mass is 10.2. The maximum atomic E-state index is 12.7. The molecule has 0 radical (unpaired) electrons. The number of carbonyl (C=O) groups is 2. The Morgan fingerprint density at radius 2 is 1.03 bits per heavy atom. The number of amides is 2. The molecule has 1 saturated heterocycles. The van der Waals surface area contributed by atoms with E-state index in [0.717, 1.165) is 11.1 Å². The van der Waals surface area contributed by atoms with Gasteiger partial charge in [0.2, 0.25) is 11.8 Å². The van der Waals surface area contributed by atoms with Gasteiger partial charge in [-0.25, -0.2) is 0 Å². The predicted octanol–water partition coefficient (Wildman–Crippen LogP) is 3.51. The second-order valence-electron chi connectivity index (χ2n) is 7.90. The first-order chi connectivity index (χ1) is 17.0. The fourth-order valence-corrected chi connectivity index (χ4v) is 3.82. The highest BCUT2D eigenvalue weighted by Gasteiger charge is 2.20. The molecule has 0 aromatic heterocycles. The summed E-state index contributed by atoms with van der Waals surface area (Å²) in [6.07, 6.45) is 7.32. The minimum absolute atomic E-state index is 0.0880. The molecule has 1 heterocycles. The average Bonchev–Trinajstić information content (AvgIpc) is 3.16. The fraction of sp³-hybridized carbons (Fsp3) is 0.333. The van der Waals surface area contributed by atoms with Gasteiger partial charge >= 0.3 is 0 Å². The zero-order valence-electron chi connectivity index (χ0n) is 20.7. The molecule has 2 amide bonds. The van der Waals surface area contributed by atoms with Gasteiger partial charge in [0.1, 0.15) is 0 Å². The van der Waals surface area contributed by atoms with Crippen LogP contribution in [0.3, 0.4) is 0 Å². The van der Waals surface area contributed by atoms with Crippen molar-refractivity contribution >= 4 is 24.0 Å². The van der Waals surface area contributed by atoms with E-state index in [0.29, 0.717) is 55.6 Å². The molecular formula is C27H32N2O6. The number of hydrogen-bond donors (Lipinski definition) is 0. The van der Waals surface area contributed by atoms with Crippen LogP contribution in [0.25, 0.3) is 12.2 Å². The van der Waals surface area contributed by atoms with Crippen molar-refractivity contribution in [1.29, 1.82) is 0 Å². The Labute approximate surface area is 206 Å². The van der Waals surface area contributed by atoms with Crippen molar-refractivity contribution in [2.45, 2.75) is 6.42 Å². The van der Waals surface area contributed by atoms with Crippen LogP contribution in [0.2, 0.25) is 0 Å². The molecule has 2 aromatic carbocycles. The average molecular weight is 481 g/mol. The molecule has 0 aliphatic carbocycles. The standard InChI is InChI=1S/C27H32N2O6/c1-32-22-10-6-20(18-24(22)34-3)8-12-26(30)28-14-5-15-29(17-16-28)27(31)13-9-21-7-11-23(33-2)25(19-21)35-4/h6-13,18-19H,5,14-17H2,1-4H3. The number of hydrogen-bond acceptors (Lipinski definition) is 6.